The van der Waals surface area contributed by atoms with E-state index < -0.39 is 0 Å². The highest BCUT2D eigenvalue weighted by Gasteiger charge is 2.26. The Morgan fingerprint density at radius 3 is 2.54 bits per heavy atom. The van der Waals surface area contributed by atoms with E-state index in [1.165, 1.54) is 0 Å². The first-order valence-electron chi connectivity index (χ1n) is 8.41. The lowest BCUT2D eigenvalue weighted by Crippen LogP contribution is -2.45. The Hall–Kier alpha value is -2.22. The van der Waals surface area contributed by atoms with E-state index in [-0.39, 0.29) is 5.97 Å². The molecule has 1 aliphatic heterocycles. The Morgan fingerprint density at radius 2 is 1.92 bits per heavy atom. The van der Waals surface area contributed by atoms with Crippen LogP contribution in [0.1, 0.15) is 29.9 Å². The van der Waals surface area contributed by atoms with Gasteiger partial charge in [-0.25, -0.2) is 14.5 Å². The number of likely N-dealkylation sites (N-methyl/N-ethyl adjacent to an activating group) is 1. The van der Waals surface area contributed by atoms with Gasteiger partial charge in [-0.3, -0.25) is 0 Å². The van der Waals surface area contributed by atoms with Crippen LogP contribution in [-0.4, -0.2) is 70.7 Å². The number of hydrogen-bond acceptors (Lipinski definition) is 7. The van der Waals surface area contributed by atoms with E-state index in [4.69, 9.17) is 9.72 Å². The molecule has 3 rings (SSSR count). The van der Waals surface area contributed by atoms with Crippen LogP contribution in [0.25, 0.3) is 11.0 Å². The summed E-state index contributed by atoms with van der Waals surface area (Å²) in [6, 6.07) is 0. The molecular weight excluding hydrogens is 308 g/mol. The fraction of sp³-hybridized carbons (Fsp3) is 0.625. The summed E-state index contributed by atoms with van der Waals surface area (Å²) in [5.74, 6) is 0.442. The fourth-order valence-corrected chi connectivity index (χ4v) is 3.06. The zero-order chi connectivity index (χ0) is 17.3. The number of esters is 1. The highest BCUT2D eigenvalue weighted by atomic mass is 16.5. The van der Waals surface area contributed by atoms with E-state index in [0.717, 1.165) is 37.5 Å². The van der Waals surface area contributed by atoms with Crippen LogP contribution in [0.5, 0.6) is 0 Å². The second kappa shape index (κ2) is 6.72. The molecule has 130 valence electrons. The molecule has 0 aromatic carbocycles. The van der Waals surface area contributed by atoms with Crippen molar-refractivity contribution >= 4 is 22.8 Å². The molecule has 8 nitrogen and oxygen atoms in total. The molecule has 24 heavy (non-hydrogen) atoms. The lowest BCUT2D eigenvalue weighted by molar-refractivity contribution is 0.0527. The van der Waals surface area contributed by atoms with E-state index in [1.54, 1.807) is 11.6 Å². The summed E-state index contributed by atoms with van der Waals surface area (Å²) < 4.78 is 6.96. The number of carbonyl (C=O) groups is 1. The van der Waals surface area contributed by atoms with Gasteiger partial charge in [-0.15, -0.1) is 5.10 Å². The van der Waals surface area contributed by atoms with Crippen molar-refractivity contribution in [2.45, 2.75) is 27.3 Å². The second-order valence-electron chi connectivity index (χ2n) is 6.01. The van der Waals surface area contributed by atoms with E-state index in [0.29, 0.717) is 29.9 Å². The van der Waals surface area contributed by atoms with E-state index >= 15 is 0 Å². The maximum atomic E-state index is 12.4. The van der Waals surface area contributed by atoms with Crippen LogP contribution in [0.15, 0.2) is 0 Å². The molecule has 0 aliphatic carbocycles. The first kappa shape index (κ1) is 16.6. The number of carbonyl (C=O) groups excluding carboxylic acids is 1. The maximum absolute atomic E-state index is 12.4. The molecule has 0 saturated carbocycles. The van der Waals surface area contributed by atoms with Crippen molar-refractivity contribution < 1.29 is 9.53 Å². The van der Waals surface area contributed by atoms with Crippen LogP contribution < -0.4 is 4.90 Å². The van der Waals surface area contributed by atoms with Crippen molar-refractivity contribution in [2.75, 3.05) is 44.7 Å². The first-order valence-corrected chi connectivity index (χ1v) is 8.41. The van der Waals surface area contributed by atoms with Crippen LogP contribution in [0, 0.1) is 6.92 Å². The fourth-order valence-electron chi connectivity index (χ4n) is 3.06. The summed E-state index contributed by atoms with van der Waals surface area (Å²) >= 11 is 0. The standard InChI is InChI=1S/C16H24N6O2/c1-5-22-14-12(16(23)24-6-2)11(3)17-15(13(14)18-19-22)21-9-7-20(4)8-10-21/h5-10H2,1-4H3. The topological polar surface area (TPSA) is 76.4 Å². The van der Waals surface area contributed by atoms with E-state index in [2.05, 4.69) is 27.2 Å². The Kier molecular flexibility index (Phi) is 4.66. The Morgan fingerprint density at radius 1 is 1.21 bits per heavy atom. The normalized spacial score (nSPS) is 15.9. The van der Waals surface area contributed by atoms with Crippen LogP contribution in [0.3, 0.4) is 0 Å². The minimum absolute atomic E-state index is 0.327. The van der Waals surface area contributed by atoms with Crippen molar-refractivity contribution in [2.24, 2.45) is 0 Å². The molecule has 0 bridgehead atoms. The number of anilines is 1. The number of rotatable bonds is 4. The minimum atomic E-state index is -0.366. The molecule has 0 amide bonds. The molecule has 1 saturated heterocycles. The Balaban J connectivity index is 2.14. The number of hydrogen-bond donors (Lipinski definition) is 0. The summed E-state index contributed by atoms with van der Waals surface area (Å²) in [6.07, 6.45) is 0. The van der Waals surface area contributed by atoms with Crippen molar-refractivity contribution in [3.8, 4) is 0 Å². The zero-order valence-corrected chi connectivity index (χ0v) is 14.7. The third-order valence-electron chi connectivity index (χ3n) is 4.40. The van der Waals surface area contributed by atoms with Gasteiger partial charge in [-0.2, -0.15) is 0 Å². The van der Waals surface area contributed by atoms with Gasteiger partial charge in [0, 0.05) is 32.7 Å². The summed E-state index contributed by atoms with van der Waals surface area (Å²) in [4.78, 5) is 21.6. The third kappa shape index (κ3) is 2.82. The molecule has 1 fully saturated rings. The van der Waals surface area contributed by atoms with Crippen molar-refractivity contribution in [1.82, 2.24) is 24.9 Å². The predicted molar refractivity (Wildman–Crippen MR) is 91.4 cm³/mol. The third-order valence-corrected chi connectivity index (χ3v) is 4.40. The van der Waals surface area contributed by atoms with Crippen molar-refractivity contribution in [3.05, 3.63) is 11.3 Å². The quantitative estimate of drug-likeness (QED) is 0.776. The van der Waals surface area contributed by atoms with Crippen LogP contribution >= 0.6 is 0 Å². The first-order chi connectivity index (χ1) is 11.6. The number of aromatic nitrogens is 4. The molecule has 2 aromatic heterocycles. The highest BCUT2D eigenvalue weighted by Crippen LogP contribution is 2.29. The molecule has 2 aromatic rings. The molecule has 0 atom stereocenters. The Bertz CT molecular complexity index is 749. The second-order valence-corrected chi connectivity index (χ2v) is 6.01. The molecule has 0 spiro atoms. The van der Waals surface area contributed by atoms with Crippen LogP contribution in [0.4, 0.5) is 5.82 Å². The highest BCUT2D eigenvalue weighted by molar-refractivity contribution is 6.05. The SMILES string of the molecule is CCOC(=O)c1c(C)nc(N2CCN(C)CC2)c2nnn(CC)c12. The summed E-state index contributed by atoms with van der Waals surface area (Å²) in [5.41, 5.74) is 2.52. The minimum Gasteiger partial charge on any atom is -0.462 e. The van der Waals surface area contributed by atoms with Gasteiger partial charge in [-0.05, 0) is 27.8 Å². The zero-order valence-electron chi connectivity index (χ0n) is 14.7. The molecule has 1 aliphatic rings. The molecule has 0 radical (unpaired) electrons. The van der Waals surface area contributed by atoms with Gasteiger partial charge in [-0.1, -0.05) is 5.21 Å². The van der Waals surface area contributed by atoms with Gasteiger partial charge in [0.15, 0.2) is 11.3 Å². The maximum Gasteiger partial charge on any atom is 0.342 e. The summed E-state index contributed by atoms with van der Waals surface area (Å²) in [5, 5.41) is 8.53. The lowest BCUT2D eigenvalue weighted by atomic mass is 10.1. The molecule has 0 N–H and O–H groups in total. The number of aryl methyl sites for hydroxylation is 2. The Labute approximate surface area is 141 Å². The largest absolute Gasteiger partial charge is 0.462 e. The average Bonchev–Trinajstić information content (AvgIpc) is 2.98. The van der Waals surface area contributed by atoms with Gasteiger partial charge < -0.3 is 14.5 Å². The van der Waals surface area contributed by atoms with Crippen molar-refractivity contribution in [3.63, 3.8) is 0 Å². The predicted octanol–water partition coefficient (Wildman–Crippen LogP) is 1.08. The average molecular weight is 332 g/mol. The van der Waals surface area contributed by atoms with Gasteiger partial charge in [0.25, 0.3) is 0 Å². The molecule has 3 heterocycles. The van der Waals surface area contributed by atoms with Crippen LogP contribution in [0.2, 0.25) is 0 Å². The van der Waals surface area contributed by atoms with E-state index in [9.17, 15) is 4.79 Å². The lowest BCUT2D eigenvalue weighted by Gasteiger charge is -2.33. The summed E-state index contributed by atoms with van der Waals surface area (Å²) in [6.45, 7) is 10.3. The summed E-state index contributed by atoms with van der Waals surface area (Å²) in [7, 11) is 2.11. The van der Waals surface area contributed by atoms with Gasteiger partial charge >= 0.3 is 5.97 Å². The van der Waals surface area contributed by atoms with Gasteiger partial charge in [0.05, 0.1) is 12.3 Å². The van der Waals surface area contributed by atoms with E-state index in [1.807, 2.05) is 13.8 Å². The van der Waals surface area contributed by atoms with Crippen LogP contribution in [-0.2, 0) is 11.3 Å². The smallest absolute Gasteiger partial charge is 0.342 e. The number of fused-ring (bicyclic) bond motifs is 1. The number of ether oxygens (including phenoxy) is 1. The molecule has 8 heteroatoms. The number of pyridine rings is 1. The number of piperazine rings is 1. The van der Waals surface area contributed by atoms with Gasteiger partial charge in [0.2, 0.25) is 0 Å². The molecule has 0 unspecified atom stereocenters. The van der Waals surface area contributed by atoms with Crippen molar-refractivity contribution in [1.29, 1.82) is 0 Å². The molecular formula is C16H24N6O2. The number of nitrogens with zero attached hydrogens (tertiary/aromatic N) is 6. The van der Waals surface area contributed by atoms with Gasteiger partial charge in [0.1, 0.15) is 11.1 Å². The monoisotopic (exact) mass is 332 g/mol.